The maximum Gasteiger partial charge on any atom is 0.252 e. The van der Waals surface area contributed by atoms with E-state index in [1.165, 1.54) is 5.06 Å². The van der Waals surface area contributed by atoms with Gasteiger partial charge in [-0.1, -0.05) is 36.6 Å². The Balaban J connectivity index is 1.67. The van der Waals surface area contributed by atoms with Crippen LogP contribution in [0.5, 0.6) is 0 Å². The number of nitrogens with two attached hydrogens (primary N) is 1. The molecule has 8 heteroatoms. The molecule has 0 bridgehead atoms. The number of allylic oxidation sites excluding steroid dienone is 1. The van der Waals surface area contributed by atoms with Crippen molar-refractivity contribution in [3.05, 3.63) is 60.2 Å². The number of nitrogens with one attached hydrogen (secondary N) is 1. The topological polar surface area (TPSA) is 117 Å². The van der Waals surface area contributed by atoms with Crippen LogP contribution in [0.4, 0.5) is 0 Å². The van der Waals surface area contributed by atoms with Gasteiger partial charge in [0.25, 0.3) is 5.91 Å². The van der Waals surface area contributed by atoms with E-state index in [9.17, 15) is 14.7 Å². The molecule has 1 aromatic rings. The standard InChI is InChI=1S/C24H27N3O5/c1-4-10-26-22(29)19-18-20(28)21-17(31-21)12-24(18,23(25)30)32-27(19)13-16-7-5-6-15(11-16)9-8-14(2)3/h4-7,11,17-21,28H,1-2,10,12-13H2,3H3,(H2,25,30)(H,26,29)/t17?,18?,19?,20-,21?,24-/m0/s1. The summed E-state index contributed by atoms with van der Waals surface area (Å²) in [4.78, 5) is 31.8. The summed E-state index contributed by atoms with van der Waals surface area (Å²) < 4.78 is 5.50. The summed E-state index contributed by atoms with van der Waals surface area (Å²) in [5.74, 6) is 4.01. The van der Waals surface area contributed by atoms with E-state index in [-0.39, 0.29) is 31.5 Å². The highest BCUT2D eigenvalue weighted by molar-refractivity contribution is 5.89. The zero-order valence-electron chi connectivity index (χ0n) is 17.9. The number of primary amides is 1. The van der Waals surface area contributed by atoms with Gasteiger partial charge in [-0.3, -0.25) is 14.4 Å². The molecule has 2 heterocycles. The molecule has 168 valence electrons. The van der Waals surface area contributed by atoms with Crippen LogP contribution in [-0.2, 0) is 25.7 Å². The molecule has 2 amide bonds. The van der Waals surface area contributed by atoms with Gasteiger partial charge in [0.15, 0.2) is 5.60 Å². The Morgan fingerprint density at radius 1 is 1.47 bits per heavy atom. The van der Waals surface area contributed by atoms with Crippen molar-refractivity contribution in [2.75, 3.05) is 6.54 Å². The fourth-order valence-electron chi connectivity index (χ4n) is 4.64. The smallest absolute Gasteiger partial charge is 0.252 e. The molecule has 0 spiro atoms. The lowest BCUT2D eigenvalue weighted by Gasteiger charge is -2.35. The van der Waals surface area contributed by atoms with Gasteiger partial charge in [0.05, 0.1) is 24.7 Å². The summed E-state index contributed by atoms with van der Waals surface area (Å²) in [6.45, 7) is 9.66. The molecule has 2 saturated heterocycles. The van der Waals surface area contributed by atoms with Crippen molar-refractivity contribution in [2.45, 2.75) is 49.8 Å². The predicted molar refractivity (Wildman–Crippen MR) is 116 cm³/mol. The quantitative estimate of drug-likeness (QED) is 0.337. The monoisotopic (exact) mass is 437 g/mol. The van der Waals surface area contributed by atoms with Crippen LogP contribution in [0.25, 0.3) is 0 Å². The highest BCUT2D eigenvalue weighted by Gasteiger charge is 2.72. The molecule has 4 unspecified atom stereocenters. The third-order valence-electron chi connectivity index (χ3n) is 6.09. The number of carbonyl (C=O) groups excluding carboxylic acids is 2. The number of ether oxygens (including phenoxy) is 1. The molecule has 0 aromatic heterocycles. The van der Waals surface area contributed by atoms with Gasteiger partial charge >= 0.3 is 0 Å². The second-order valence-electron chi connectivity index (χ2n) is 8.49. The van der Waals surface area contributed by atoms with Crippen LogP contribution >= 0.6 is 0 Å². The Kier molecular flexibility index (Phi) is 5.93. The van der Waals surface area contributed by atoms with E-state index in [0.29, 0.717) is 0 Å². The largest absolute Gasteiger partial charge is 0.390 e. The maximum atomic E-state index is 13.1. The van der Waals surface area contributed by atoms with Crippen molar-refractivity contribution in [1.82, 2.24) is 10.4 Å². The van der Waals surface area contributed by atoms with Crippen LogP contribution in [0.3, 0.4) is 0 Å². The lowest BCUT2D eigenvalue weighted by Crippen LogP contribution is -2.60. The number of benzene rings is 1. The average molecular weight is 437 g/mol. The van der Waals surface area contributed by atoms with Gasteiger partial charge in [0, 0.05) is 18.5 Å². The summed E-state index contributed by atoms with van der Waals surface area (Å²) >= 11 is 0. The van der Waals surface area contributed by atoms with Crippen molar-refractivity contribution >= 4 is 11.8 Å². The van der Waals surface area contributed by atoms with Crippen LogP contribution in [0.2, 0.25) is 0 Å². The summed E-state index contributed by atoms with van der Waals surface area (Å²) in [7, 11) is 0. The number of aliphatic hydroxyl groups is 1. The molecule has 6 atom stereocenters. The molecular formula is C24H27N3O5. The second kappa shape index (κ2) is 8.52. The number of hydrogen-bond acceptors (Lipinski definition) is 6. The Hall–Kier alpha value is -2.96. The first-order chi connectivity index (χ1) is 15.3. The highest BCUT2D eigenvalue weighted by Crippen LogP contribution is 2.53. The van der Waals surface area contributed by atoms with Gasteiger partial charge in [-0.25, -0.2) is 0 Å². The number of carbonyl (C=O) groups is 2. The van der Waals surface area contributed by atoms with E-state index in [4.69, 9.17) is 15.3 Å². The molecule has 4 N–H and O–H groups in total. The first-order valence-corrected chi connectivity index (χ1v) is 10.5. The number of amides is 2. The van der Waals surface area contributed by atoms with Crippen LogP contribution in [0.1, 0.15) is 24.5 Å². The predicted octanol–water partition coefficient (Wildman–Crippen LogP) is 0.405. The third-order valence-corrected chi connectivity index (χ3v) is 6.09. The second-order valence-corrected chi connectivity index (χ2v) is 8.49. The first kappa shape index (κ1) is 22.2. The Morgan fingerprint density at radius 3 is 2.94 bits per heavy atom. The fraction of sp³-hybridized carbons (Fsp3) is 0.417. The average Bonchev–Trinajstić information content (AvgIpc) is 3.44. The number of hydrogen-bond donors (Lipinski definition) is 3. The lowest BCUT2D eigenvalue weighted by molar-refractivity contribution is -0.217. The molecule has 4 rings (SSSR count). The fourth-order valence-corrected chi connectivity index (χ4v) is 4.64. The number of aliphatic hydroxyl groups excluding tert-OH is 1. The molecule has 1 aromatic carbocycles. The number of hydroxylamine groups is 2. The molecule has 2 aliphatic heterocycles. The zero-order valence-corrected chi connectivity index (χ0v) is 17.9. The van der Waals surface area contributed by atoms with Gasteiger partial charge in [0.1, 0.15) is 12.1 Å². The summed E-state index contributed by atoms with van der Waals surface area (Å²) in [6.07, 6.45) is -0.0441. The van der Waals surface area contributed by atoms with Crippen molar-refractivity contribution in [3.8, 4) is 11.8 Å². The van der Waals surface area contributed by atoms with Crippen LogP contribution in [0.15, 0.2) is 49.1 Å². The van der Waals surface area contributed by atoms with Crippen LogP contribution in [-0.4, -0.2) is 58.5 Å². The maximum absolute atomic E-state index is 13.1. The Bertz CT molecular complexity index is 1030. The van der Waals surface area contributed by atoms with Gasteiger partial charge < -0.3 is 20.9 Å². The molecule has 0 radical (unpaired) electrons. The minimum absolute atomic E-state index is 0.195. The third kappa shape index (κ3) is 3.96. The summed E-state index contributed by atoms with van der Waals surface area (Å²) in [5.41, 5.74) is 6.60. The zero-order chi connectivity index (χ0) is 23.0. The lowest BCUT2D eigenvalue weighted by atomic mass is 9.70. The van der Waals surface area contributed by atoms with E-state index in [0.717, 1.165) is 16.7 Å². The molecule has 3 aliphatic rings. The van der Waals surface area contributed by atoms with Crippen molar-refractivity contribution in [1.29, 1.82) is 0 Å². The molecule has 32 heavy (non-hydrogen) atoms. The van der Waals surface area contributed by atoms with Gasteiger partial charge in [-0.15, -0.1) is 6.58 Å². The van der Waals surface area contributed by atoms with Crippen molar-refractivity contribution < 1.29 is 24.3 Å². The molecule has 1 aliphatic carbocycles. The van der Waals surface area contributed by atoms with Gasteiger partial charge in [-0.05, 0) is 30.2 Å². The minimum atomic E-state index is -1.52. The first-order valence-electron chi connectivity index (χ1n) is 10.5. The van der Waals surface area contributed by atoms with E-state index in [2.05, 4.69) is 30.3 Å². The van der Waals surface area contributed by atoms with E-state index >= 15 is 0 Å². The number of epoxide rings is 1. The summed E-state index contributed by atoms with van der Waals surface area (Å²) in [5, 5.41) is 15.1. The van der Waals surface area contributed by atoms with E-state index in [1.807, 2.05) is 31.2 Å². The Morgan fingerprint density at radius 2 is 2.25 bits per heavy atom. The highest BCUT2D eigenvalue weighted by atomic mass is 16.7. The molecule has 8 nitrogen and oxygen atoms in total. The van der Waals surface area contributed by atoms with Crippen molar-refractivity contribution in [2.24, 2.45) is 11.7 Å². The van der Waals surface area contributed by atoms with E-state index in [1.54, 1.807) is 6.08 Å². The summed E-state index contributed by atoms with van der Waals surface area (Å²) in [6, 6.07) is 6.55. The SMILES string of the molecule is C=CCNC(=O)C1C2[C@H](O)C3OC3C[C@]2(C(N)=O)ON1Cc1cccc(C#CC(=C)C)c1. The van der Waals surface area contributed by atoms with E-state index < -0.39 is 35.7 Å². The van der Waals surface area contributed by atoms with Crippen LogP contribution in [0, 0.1) is 17.8 Å². The number of nitrogens with zero attached hydrogens (tertiary/aromatic N) is 1. The van der Waals surface area contributed by atoms with Crippen molar-refractivity contribution in [3.63, 3.8) is 0 Å². The Labute approximate surface area is 187 Å². The normalized spacial score (nSPS) is 32.6. The molecule has 3 fully saturated rings. The van der Waals surface area contributed by atoms with Gasteiger partial charge in [-0.2, -0.15) is 5.06 Å². The van der Waals surface area contributed by atoms with Crippen LogP contribution < -0.4 is 11.1 Å². The molecular weight excluding hydrogens is 410 g/mol. The van der Waals surface area contributed by atoms with Gasteiger partial charge in [0.2, 0.25) is 5.91 Å². The molecule has 1 saturated carbocycles. The number of rotatable bonds is 6. The minimum Gasteiger partial charge on any atom is -0.390 e. The number of fused-ring (bicyclic) bond motifs is 2.